The first-order chi connectivity index (χ1) is 9.92. The summed E-state index contributed by atoms with van der Waals surface area (Å²) in [5, 5.41) is 13.0. The van der Waals surface area contributed by atoms with Crippen LogP contribution in [0.5, 0.6) is 5.75 Å². The molecule has 0 amide bonds. The van der Waals surface area contributed by atoms with Gasteiger partial charge in [0.25, 0.3) is 0 Å². The van der Waals surface area contributed by atoms with Crippen LogP contribution in [0.15, 0.2) is 30.3 Å². The van der Waals surface area contributed by atoms with Crippen LogP contribution in [0, 0.1) is 13.8 Å². The van der Waals surface area contributed by atoms with Crippen LogP contribution in [0.3, 0.4) is 0 Å². The number of nitrogens with one attached hydrogen (secondary N) is 1. The second-order valence-electron chi connectivity index (χ2n) is 4.78. The van der Waals surface area contributed by atoms with Gasteiger partial charge in [0.15, 0.2) is 0 Å². The zero-order valence-electron chi connectivity index (χ0n) is 12.0. The predicted molar refractivity (Wildman–Crippen MR) is 84.2 cm³/mol. The van der Waals surface area contributed by atoms with E-state index in [-0.39, 0.29) is 5.56 Å². The quantitative estimate of drug-likeness (QED) is 0.878. The predicted octanol–water partition coefficient (Wildman–Crippen LogP) is 4.41. The number of benzene rings is 2. The maximum absolute atomic E-state index is 11.3. The molecular weight excluding hydrogens is 290 g/mol. The van der Waals surface area contributed by atoms with Crippen LogP contribution in [-0.2, 0) is 0 Å². The lowest BCUT2D eigenvalue weighted by atomic mass is 10.1. The van der Waals surface area contributed by atoms with E-state index in [1.165, 1.54) is 0 Å². The summed E-state index contributed by atoms with van der Waals surface area (Å²) in [7, 11) is 1.54. The molecule has 0 saturated heterocycles. The fourth-order valence-electron chi connectivity index (χ4n) is 2.02. The van der Waals surface area contributed by atoms with Crippen molar-refractivity contribution in [3.8, 4) is 5.75 Å². The van der Waals surface area contributed by atoms with Crippen molar-refractivity contribution >= 4 is 28.9 Å². The number of hydrogen-bond acceptors (Lipinski definition) is 3. The van der Waals surface area contributed by atoms with E-state index in [0.717, 1.165) is 11.1 Å². The highest BCUT2D eigenvalue weighted by molar-refractivity contribution is 6.31. The minimum atomic E-state index is -0.981. The number of methoxy groups -OCH3 is 1. The molecule has 0 aromatic heterocycles. The molecule has 21 heavy (non-hydrogen) atoms. The van der Waals surface area contributed by atoms with Gasteiger partial charge in [-0.2, -0.15) is 0 Å². The minimum absolute atomic E-state index is 0.213. The Morgan fingerprint density at radius 3 is 2.52 bits per heavy atom. The lowest BCUT2D eigenvalue weighted by Crippen LogP contribution is -2.04. The lowest BCUT2D eigenvalue weighted by Gasteiger charge is -2.15. The first kappa shape index (κ1) is 15.2. The molecular formula is C16H16ClNO3. The van der Waals surface area contributed by atoms with Crippen LogP contribution in [0.1, 0.15) is 21.5 Å². The average molecular weight is 306 g/mol. The summed E-state index contributed by atoms with van der Waals surface area (Å²) in [6.07, 6.45) is 0. The second-order valence-corrected chi connectivity index (χ2v) is 5.19. The second kappa shape index (κ2) is 6.06. The van der Waals surface area contributed by atoms with Gasteiger partial charge in [-0.25, -0.2) is 4.79 Å². The summed E-state index contributed by atoms with van der Waals surface area (Å²) < 4.78 is 5.28. The van der Waals surface area contributed by atoms with Gasteiger partial charge in [-0.1, -0.05) is 23.2 Å². The molecule has 2 N–H and O–H groups in total. The Labute approximate surface area is 128 Å². The number of aryl methyl sites for hydroxylation is 2. The summed E-state index contributed by atoms with van der Waals surface area (Å²) in [5.74, 6) is -0.423. The molecule has 0 fully saturated rings. The van der Waals surface area contributed by atoms with Gasteiger partial charge in [0.1, 0.15) is 5.75 Å². The van der Waals surface area contributed by atoms with E-state index in [0.29, 0.717) is 22.1 Å². The number of hydrogen-bond donors (Lipinski definition) is 2. The molecule has 110 valence electrons. The standard InChI is InChI=1S/C16H16ClNO3/c1-9-4-5-13(11(6-9)16(19)20)18-14-7-10(2)12(17)8-15(14)21-3/h4-8,18H,1-3H3,(H,19,20). The third-order valence-electron chi connectivity index (χ3n) is 3.16. The molecule has 0 atom stereocenters. The fraction of sp³-hybridized carbons (Fsp3) is 0.188. The lowest BCUT2D eigenvalue weighted by molar-refractivity contribution is 0.0698. The van der Waals surface area contributed by atoms with Gasteiger partial charge in [0.2, 0.25) is 0 Å². The van der Waals surface area contributed by atoms with Crippen LogP contribution in [0.25, 0.3) is 0 Å². The Kier molecular flexibility index (Phi) is 4.38. The number of carboxylic acids is 1. The van der Waals surface area contributed by atoms with E-state index < -0.39 is 5.97 Å². The van der Waals surface area contributed by atoms with Gasteiger partial charge in [0, 0.05) is 11.1 Å². The summed E-state index contributed by atoms with van der Waals surface area (Å²) in [6.45, 7) is 3.73. The van der Waals surface area contributed by atoms with Gasteiger partial charge in [0.05, 0.1) is 24.0 Å². The molecule has 5 heteroatoms. The molecule has 0 aliphatic carbocycles. The van der Waals surface area contributed by atoms with Crippen LogP contribution in [-0.4, -0.2) is 18.2 Å². The van der Waals surface area contributed by atoms with E-state index >= 15 is 0 Å². The first-order valence-electron chi connectivity index (χ1n) is 6.37. The summed E-state index contributed by atoms with van der Waals surface area (Å²) in [6, 6.07) is 8.74. The molecule has 0 saturated carbocycles. The monoisotopic (exact) mass is 305 g/mol. The van der Waals surface area contributed by atoms with E-state index in [2.05, 4.69) is 5.32 Å². The topological polar surface area (TPSA) is 58.6 Å². The third kappa shape index (κ3) is 3.28. The van der Waals surface area contributed by atoms with Crippen LogP contribution in [0.4, 0.5) is 11.4 Å². The normalized spacial score (nSPS) is 10.3. The molecule has 2 aromatic rings. The minimum Gasteiger partial charge on any atom is -0.495 e. The number of anilines is 2. The molecule has 0 aliphatic rings. The van der Waals surface area contributed by atoms with Gasteiger partial charge in [-0.15, -0.1) is 0 Å². The first-order valence-corrected chi connectivity index (χ1v) is 6.75. The summed E-state index contributed by atoms with van der Waals surface area (Å²) in [5.41, 5.74) is 3.16. The number of halogens is 1. The largest absolute Gasteiger partial charge is 0.495 e. The van der Waals surface area contributed by atoms with E-state index in [1.807, 2.05) is 26.0 Å². The smallest absolute Gasteiger partial charge is 0.337 e. The number of ether oxygens (including phenoxy) is 1. The van der Waals surface area contributed by atoms with Crippen molar-refractivity contribution in [1.82, 2.24) is 0 Å². The van der Waals surface area contributed by atoms with Crippen molar-refractivity contribution in [1.29, 1.82) is 0 Å². The maximum atomic E-state index is 11.3. The van der Waals surface area contributed by atoms with Gasteiger partial charge >= 0.3 is 5.97 Å². The fourth-order valence-corrected chi connectivity index (χ4v) is 2.17. The molecule has 0 unspecified atom stereocenters. The molecule has 2 aromatic carbocycles. The molecule has 2 rings (SSSR count). The number of aromatic carboxylic acids is 1. The molecule has 4 nitrogen and oxygen atoms in total. The molecule has 0 heterocycles. The third-order valence-corrected chi connectivity index (χ3v) is 3.56. The van der Waals surface area contributed by atoms with Crippen molar-refractivity contribution in [2.45, 2.75) is 13.8 Å². The highest BCUT2D eigenvalue weighted by Gasteiger charge is 2.13. The molecule has 0 spiro atoms. The van der Waals surface area contributed by atoms with Crippen molar-refractivity contribution < 1.29 is 14.6 Å². The number of carbonyl (C=O) groups is 1. The van der Waals surface area contributed by atoms with E-state index in [1.54, 1.807) is 25.3 Å². The maximum Gasteiger partial charge on any atom is 0.337 e. The summed E-state index contributed by atoms with van der Waals surface area (Å²) >= 11 is 6.07. The van der Waals surface area contributed by atoms with Crippen molar-refractivity contribution in [2.24, 2.45) is 0 Å². The SMILES string of the molecule is COc1cc(Cl)c(C)cc1Nc1ccc(C)cc1C(=O)O. The average Bonchev–Trinajstić information content (AvgIpc) is 2.44. The highest BCUT2D eigenvalue weighted by atomic mass is 35.5. The van der Waals surface area contributed by atoms with Gasteiger partial charge < -0.3 is 15.2 Å². The van der Waals surface area contributed by atoms with Gasteiger partial charge in [-0.05, 0) is 37.6 Å². The van der Waals surface area contributed by atoms with Crippen LogP contribution >= 0.6 is 11.6 Å². The van der Waals surface area contributed by atoms with Crippen LogP contribution < -0.4 is 10.1 Å². The zero-order valence-corrected chi connectivity index (χ0v) is 12.8. The van der Waals surface area contributed by atoms with Crippen molar-refractivity contribution in [2.75, 3.05) is 12.4 Å². The Hall–Kier alpha value is -2.20. The van der Waals surface area contributed by atoms with E-state index in [4.69, 9.17) is 16.3 Å². The number of rotatable bonds is 4. The van der Waals surface area contributed by atoms with Gasteiger partial charge in [-0.3, -0.25) is 0 Å². The summed E-state index contributed by atoms with van der Waals surface area (Å²) in [4.78, 5) is 11.3. The Morgan fingerprint density at radius 1 is 1.19 bits per heavy atom. The Bertz CT molecular complexity index is 698. The zero-order chi connectivity index (χ0) is 15.6. The van der Waals surface area contributed by atoms with E-state index in [9.17, 15) is 9.90 Å². The molecule has 0 bridgehead atoms. The van der Waals surface area contributed by atoms with Crippen molar-refractivity contribution in [3.63, 3.8) is 0 Å². The highest BCUT2D eigenvalue weighted by Crippen LogP contribution is 2.34. The van der Waals surface area contributed by atoms with Crippen molar-refractivity contribution in [3.05, 3.63) is 52.0 Å². The van der Waals surface area contributed by atoms with Crippen LogP contribution in [0.2, 0.25) is 5.02 Å². The molecule has 0 aliphatic heterocycles. The Morgan fingerprint density at radius 2 is 1.90 bits per heavy atom. The molecule has 0 radical (unpaired) electrons. The Balaban J connectivity index is 2.47. The number of carboxylic acid groups (broad SMARTS) is 1.